The molecule has 1 rings (SSSR count). The molecule has 4 nitrogen and oxygen atoms in total. The molecule has 2 N–H and O–H groups in total. The van der Waals surface area contributed by atoms with Gasteiger partial charge in [-0.15, -0.1) is 10.2 Å². The lowest BCUT2D eigenvalue weighted by Gasteiger charge is -2.16. The molecule has 1 aromatic heterocycles. The third-order valence-corrected chi connectivity index (χ3v) is 1.91. The van der Waals surface area contributed by atoms with Crippen LogP contribution in [0.3, 0.4) is 0 Å². The fraction of sp³-hybridized carbons (Fsp3) is 0.556. The van der Waals surface area contributed by atoms with Crippen molar-refractivity contribution in [1.82, 2.24) is 10.2 Å². The van der Waals surface area contributed by atoms with E-state index in [0.29, 0.717) is 5.82 Å². The minimum Gasteiger partial charge on any atom is -0.382 e. The number of anilines is 2. The third-order valence-electron chi connectivity index (χ3n) is 1.91. The van der Waals surface area contributed by atoms with Crippen molar-refractivity contribution in [3.8, 4) is 0 Å². The second-order valence-corrected chi connectivity index (χ2v) is 3.09. The van der Waals surface area contributed by atoms with Gasteiger partial charge >= 0.3 is 0 Å². The van der Waals surface area contributed by atoms with E-state index in [1.165, 1.54) is 12.8 Å². The van der Waals surface area contributed by atoms with Crippen molar-refractivity contribution in [1.29, 1.82) is 0 Å². The third kappa shape index (κ3) is 2.89. The first kappa shape index (κ1) is 9.77. The van der Waals surface area contributed by atoms with Crippen LogP contribution in [-0.4, -0.2) is 23.8 Å². The van der Waals surface area contributed by atoms with Gasteiger partial charge in [-0.05, 0) is 18.6 Å². The first-order chi connectivity index (χ1) is 6.24. The highest BCUT2D eigenvalue weighted by atomic mass is 15.3. The van der Waals surface area contributed by atoms with Crippen molar-refractivity contribution in [3.05, 3.63) is 12.1 Å². The number of unbranched alkanes of at least 4 members (excludes halogenated alkanes) is 1. The summed E-state index contributed by atoms with van der Waals surface area (Å²) >= 11 is 0. The topological polar surface area (TPSA) is 55.0 Å². The summed E-state index contributed by atoms with van der Waals surface area (Å²) in [6, 6.07) is 3.66. The minimum atomic E-state index is 0.465. The Balaban J connectivity index is 2.55. The van der Waals surface area contributed by atoms with Gasteiger partial charge in [-0.1, -0.05) is 13.3 Å². The van der Waals surface area contributed by atoms with E-state index < -0.39 is 0 Å². The van der Waals surface area contributed by atoms with Crippen LogP contribution in [0, 0.1) is 0 Å². The van der Waals surface area contributed by atoms with Crippen molar-refractivity contribution in [2.24, 2.45) is 0 Å². The quantitative estimate of drug-likeness (QED) is 0.758. The normalized spacial score (nSPS) is 10.0. The van der Waals surface area contributed by atoms with Gasteiger partial charge in [0.25, 0.3) is 0 Å². The maximum absolute atomic E-state index is 5.43. The lowest BCUT2D eigenvalue weighted by atomic mass is 10.3. The fourth-order valence-corrected chi connectivity index (χ4v) is 1.05. The van der Waals surface area contributed by atoms with E-state index in [9.17, 15) is 0 Å². The molecule has 0 bridgehead atoms. The molecule has 13 heavy (non-hydrogen) atoms. The molecule has 0 saturated heterocycles. The number of rotatable bonds is 4. The largest absolute Gasteiger partial charge is 0.382 e. The summed E-state index contributed by atoms with van der Waals surface area (Å²) in [7, 11) is 2.01. The molecule has 0 aliphatic heterocycles. The van der Waals surface area contributed by atoms with Crippen molar-refractivity contribution in [2.75, 3.05) is 24.2 Å². The summed E-state index contributed by atoms with van der Waals surface area (Å²) in [6.07, 6.45) is 2.36. The highest BCUT2D eigenvalue weighted by Crippen LogP contribution is 2.08. The Morgan fingerprint density at radius 2 is 2.15 bits per heavy atom. The highest BCUT2D eigenvalue weighted by Gasteiger charge is 2.00. The van der Waals surface area contributed by atoms with Gasteiger partial charge in [0.1, 0.15) is 5.82 Å². The van der Waals surface area contributed by atoms with Gasteiger partial charge in [0.05, 0.1) is 0 Å². The molecule has 0 aromatic carbocycles. The standard InChI is InChI=1S/C9H16N4/c1-3-4-7-13(2)9-6-5-8(10)11-12-9/h5-6H,3-4,7H2,1-2H3,(H2,10,11). The number of nitrogen functional groups attached to an aromatic ring is 1. The van der Waals surface area contributed by atoms with Crippen molar-refractivity contribution in [3.63, 3.8) is 0 Å². The van der Waals surface area contributed by atoms with Crippen LogP contribution in [-0.2, 0) is 0 Å². The zero-order chi connectivity index (χ0) is 9.68. The Bertz CT molecular complexity index is 244. The van der Waals surface area contributed by atoms with Crippen LogP contribution < -0.4 is 10.6 Å². The summed E-state index contributed by atoms with van der Waals surface area (Å²) in [5.74, 6) is 1.34. The molecule has 0 aliphatic rings. The average molecular weight is 180 g/mol. The average Bonchev–Trinajstić information content (AvgIpc) is 2.15. The van der Waals surface area contributed by atoms with Crippen LogP contribution in [0.5, 0.6) is 0 Å². The second-order valence-electron chi connectivity index (χ2n) is 3.09. The number of aromatic nitrogens is 2. The number of hydrogen-bond acceptors (Lipinski definition) is 4. The summed E-state index contributed by atoms with van der Waals surface area (Å²) in [5.41, 5.74) is 5.43. The maximum atomic E-state index is 5.43. The molecule has 0 fully saturated rings. The van der Waals surface area contributed by atoms with Gasteiger partial charge in [0, 0.05) is 13.6 Å². The maximum Gasteiger partial charge on any atom is 0.151 e. The Morgan fingerprint density at radius 3 is 2.69 bits per heavy atom. The highest BCUT2D eigenvalue weighted by molar-refractivity contribution is 5.40. The van der Waals surface area contributed by atoms with E-state index in [1.807, 2.05) is 13.1 Å². The Labute approximate surface area is 78.8 Å². The van der Waals surface area contributed by atoms with Crippen LogP contribution in [0.2, 0.25) is 0 Å². The molecule has 0 spiro atoms. The number of nitrogens with zero attached hydrogens (tertiary/aromatic N) is 3. The molecule has 72 valence electrons. The molecule has 0 unspecified atom stereocenters. The van der Waals surface area contributed by atoms with E-state index in [2.05, 4.69) is 22.0 Å². The molecule has 0 amide bonds. The number of hydrogen-bond donors (Lipinski definition) is 1. The van der Waals surface area contributed by atoms with Gasteiger partial charge in [-0.2, -0.15) is 0 Å². The lowest BCUT2D eigenvalue weighted by Crippen LogP contribution is -2.19. The Hall–Kier alpha value is -1.32. The van der Waals surface area contributed by atoms with E-state index in [0.717, 1.165) is 12.4 Å². The first-order valence-corrected chi connectivity index (χ1v) is 4.54. The van der Waals surface area contributed by atoms with Gasteiger partial charge in [0.15, 0.2) is 5.82 Å². The molecule has 4 heteroatoms. The smallest absolute Gasteiger partial charge is 0.151 e. The van der Waals surface area contributed by atoms with Gasteiger partial charge in [-0.3, -0.25) is 0 Å². The molecule has 1 heterocycles. The van der Waals surface area contributed by atoms with Gasteiger partial charge in [0.2, 0.25) is 0 Å². The fourth-order valence-electron chi connectivity index (χ4n) is 1.05. The minimum absolute atomic E-state index is 0.465. The molecular formula is C9H16N4. The molecular weight excluding hydrogens is 164 g/mol. The molecule has 0 saturated carbocycles. The van der Waals surface area contributed by atoms with Gasteiger partial charge < -0.3 is 10.6 Å². The van der Waals surface area contributed by atoms with Crippen LogP contribution in [0.25, 0.3) is 0 Å². The van der Waals surface area contributed by atoms with E-state index in [-0.39, 0.29) is 0 Å². The first-order valence-electron chi connectivity index (χ1n) is 4.54. The predicted octanol–water partition coefficient (Wildman–Crippen LogP) is 1.30. The van der Waals surface area contributed by atoms with Crippen LogP contribution in [0.1, 0.15) is 19.8 Å². The Kier molecular flexibility index (Phi) is 3.49. The van der Waals surface area contributed by atoms with E-state index >= 15 is 0 Å². The lowest BCUT2D eigenvalue weighted by molar-refractivity contribution is 0.753. The summed E-state index contributed by atoms with van der Waals surface area (Å²) < 4.78 is 0. The number of nitrogens with two attached hydrogens (primary N) is 1. The SMILES string of the molecule is CCCCN(C)c1ccc(N)nn1. The molecule has 1 aromatic rings. The summed E-state index contributed by atoms with van der Waals surface area (Å²) in [4.78, 5) is 2.08. The van der Waals surface area contributed by atoms with Crippen LogP contribution >= 0.6 is 0 Å². The van der Waals surface area contributed by atoms with Crippen molar-refractivity contribution < 1.29 is 0 Å². The van der Waals surface area contributed by atoms with E-state index in [1.54, 1.807) is 6.07 Å². The van der Waals surface area contributed by atoms with Crippen LogP contribution in [0.15, 0.2) is 12.1 Å². The Morgan fingerprint density at radius 1 is 1.38 bits per heavy atom. The summed E-state index contributed by atoms with van der Waals surface area (Å²) in [6.45, 7) is 3.18. The zero-order valence-corrected chi connectivity index (χ0v) is 8.20. The predicted molar refractivity (Wildman–Crippen MR) is 54.6 cm³/mol. The van der Waals surface area contributed by atoms with Crippen LogP contribution in [0.4, 0.5) is 11.6 Å². The van der Waals surface area contributed by atoms with E-state index in [4.69, 9.17) is 5.73 Å². The second kappa shape index (κ2) is 4.64. The monoisotopic (exact) mass is 180 g/mol. The zero-order valence-electron chi connectivity index (χ0n) is 8.20. The van der Waals surface area contributed by atoms with Crippen molar-refractivity contribution >= 4 is 11.6 Å². The van der Waals surface area contributed by atoms with Crippen molar-refractivity contribution in [2.45, 2.75) is 19.8 Å². The molecule has 0 radical (unpaired) electrons. The van der Waals surface area contributed by atoms with Gasteiger partial charge in [-0.25, -0.2) is 0 Å². The molecule has 0 aliphatic carbocycles. The molecule has 0 atom stereocenters. The summed E-state index contributed by atoms with van der Waals surface area (Å²) in [5, 5.41) is 7.78.